The van der Waals surface area contributed by atoms with Crippen LogP contribution in [0.1, 0.15) is 47.9 Å². The van der Waals surface area contributed by atoms with Gasteiger partial charge in [0, 0.05) is 43.1 Å². The average Bonchev–Trinajstić information content (AvgIpc) is 2.98. The number of nitrogens with zero attached hydrogens (tertiary/aromatic N) is 1. The number of terminal acetylenes is 1. The number of fused-ring (bicyclic) bond motifs is 1. The summed E-state index contributed by atoms with van der Waals surface area (Å²) in [5, 5.41) is 11.5. The first-order valence-corrected chi connectivity index (χ1v) is 11.2. The van der Waals surface area contributed by atoms with Gasteiger partial charge in [0.25, 0.3) is 10.0 Å². The molecule has 0 amide bonds. The largest absolute Gasteiger partial charge is 0.506 e. The van der Waals surface area contributed by atoms with Crippen molar-refractivity contribution < 1.29 is 46.2 Å². The number of thiophene rings is 1. The van der Waals surface area contributed by atoms with E-state index in [0.717, 1.165) is 16.0 Å². The molecule has 2 aromatic rings. The predicted molar refractivity (Wildman–Crippen MR) is 122 cm³/mol. The van der Waals surface area contributed by atoms with Crippen molar-refractivity contribution in [3.05, 3.63) is 58.8 Å². The van der Waals surface area contributed by atoms with Gasteiger partial charge in [-0.15, -0.1) is 17.8 Å². The Morgan fingerprint density at radius 3 is 2.31 bits per heavy atom. The third-order valence-corrected chi connectivity index (χ3v) is 7.50. The van der Waals surface area contributed by atoms with Crippen LogP contribution in [0.15, 0.2) is 24.3 Å². The van der Waals surface area contributed by atoms with Crippen molar-refractivity contribution in [2.45, 2.75) is 41.0 Å². The van der Waals surface area contributed by atoms with Crippen molar-refractivity contribution >= 4 is 37.0 Å². The summed E-state index contributed by atoms with van der Waals surface area (Å²) >= 11 is 1.35. The van der Waals surface area contributed by atoms with E-state index in [1.54, 1.807) is 12.1 Å². The Balaban J connectivity index is 0.00000190. The molecule has 4 nitrogen and oxygen atoms in total. The Hall–Kier alpha value is -1.13. The van der Waals surface area contributed by atoms with Crippen LogP contribution in [-0.4, -0.2) is 20.1 Å². The Morgan fingerprint density at radius 1 is 1.21 bits per heavy atom. The van der Waals surface area contributed by atoms with Crippen molar-refractivity contribution in [3.8, 4) is 12.3 Å². The Bertz CT molecular complexity index is 1030. The number of aliphatic hydroxyl groups excluding tert-OH is 1. The van der Waals surface area contributed by atoms with E-state index in [-0.39, 0.29) is 57.3 Å². The molecule has 0 saturated carbocycles. The minimum absolute atomic E-state index is 0. The van der Waals surface area contributed by atoms with Crippen molar-refractivity contribution in [2.24, 2.45) is 0 Å². The fraction of sp³-hybridized carbons (Fsp3) is 0.318. The molecular formula is C22H28NO3S2Y-. The zero-order valence-corrected chi connectivity index (χ0v) is 22.4. The van der Waals surface area contributed by atoms with Gasteiger partial charge in [0.05, 0.1) is 12.1 Å². The second-order valence-corrected chi connectivity index (χ2v) is 8.88. The van der Waals surface area contributed by atoms with Crippen molar-refractivity contribution in [1.82, 2.24) is 0 Å². The Kier molecular flexibility index (Phi) is 10.9. The second kappa shape index (κ2) is 11.3. The van der Waals surface area contributed by atoms with Crippen LogP contribution >= 0.6 is 11.3 Å². The van der Waals surface area contributed by atoms with E-state index in [2.05, 4.69) is 5.92 Å². The zero-order valence-electron chi connectivity index (χ0n) is 17.9. The topological polar surface area (TPSA) is 57.6 Å². The predicted octanol–water partition coefficient (Wildman–Crippen LogP) is 5.57. The molecule has 0 spiro atoms. The smallest absolute Gasteiger partial charge is 0.270 e. The van der Waals surface area contributed by atoms with Gasteiger partial charge in [-0.05, 0) is 31.4 Å². The van der Waals surface area contributed by atoms with Gasteiger partial charge in [0.1, 0.15) is 15.7 Å². The van der Waals surface area contributed by atoms with Crippen LogP contribution in [0.2, 0.25) is 0 Å². The summed E-state index contributed by atoms with van der Waals surface area (Å²) in [4.78, 5) is 0.920. The Labute approximate surface area is 205 Å². The van der Waals surface area contributed by atoms with Crippen LogP contribution in [-0.2, 0) is 49.2 Å². The number of aliphatic hydroxyl groups is 1. The first-order chi connectivity index (χ1) is 12.8. The van der Waals surface area contributed by atoms with Gasteiger partial charge in [-0.2, -0.15) is 0 Å². The molecule has 0 aliphatic carbocycles. The summed E-state index contributed by atoms with van der Waals surface area (Å²) in [5.74, 6) is 2.25. The van der Waals surface area contributed by atoms with Crippen LogP contribution in [0.3, 0.4) is 0 Å². The number of benzene rings is 1. The summed E-state index contributed by atoms with van der Waals surface area (Å²) in [7, 11) is -3.95. The first kappa shape index (κ1) is 27.9. The second-order valence-electron chi connectivity index (χ2n) is 5.88. The number of anilines is 1. The average molecular weight is 508 g/mol. The molecule has 1 N–H and O–H groups in total. The van der Waals surface area contributed by atoms with E-state index in [1.165, 1.54) is 15.6 Å². The van der Waals surface area contributed by atoms with Gasteiger partial charge in [-0.3, -0.25) is 0 Å². The van der Waals surface area contributed by atoms with E-state index in [0.29, 0.717) is 22.5 Å². The number of hydrogen-bond acceptors (Lipinski definition) is 4. The van der Waals surface area contributed by atoms with E-state index >= 15 is 0 Å². The fourth-order valence-corrected chi connectivity index (χ4v) is 6.38. The number of hydrogen-bond donors (Lipinski definition) is 1. The minimum Gasteiger partial charge on any atom is -0.506 e. The molecule has 1 aliphatic rings. The fourth-order valence-electron chi connectivity index (χ4n) is 3.20. The van der Waals surface area contributed by atoms with Gasteiger partial charge < -0.3 is 12.5 Å². The van der Waals surface area contributed by atoms with Gasteiger partial charge in [0.15, 0.2) is 0 Å². The SMILES string of the molecule is C#CCN1c2sc(C)c(CC)c2C(O)=C(c2ccccc2C)S1(=O)=O.CC.[CH3-].[Y]. The van der Waals surface area contributed by atoms with Crippen LogP contribution in [0.25, 0.3) is 10.7 Å². The first-order valence-electron chi connectivity index (χ1n) is 8.92. The molecule has 155 valence electrons. The maximum Gasteiger partial charge on any atom is 0.270 e. The van der Waals surface area contributed by atoms with Crippen LogP contribution in [0, 0.1) is 33.6 Å². The molecule has 29 heavy (non-hydrogen) atoms. The molecule has 1 aromatic heterocycles. The number of sulfonamides is 1. The molecule has 1 radical (unpaired) electrons. The summed E-state index contributed by atoms with van der Waals surface area (Å²) in [6.45, 7) is 9.68. The normalized spacial score (nSPS) is 13.9. The Morgan fingerprint density at radius 2 is 1.79 bits per heavy atom. The quantitative estimate of drug-likeness (QED) is 0.437. The molecule has 1 aliphatic heterocycles. The molecule has 0 fully saturated rings. The zero-order chi connectivity index (χ0) is 20.4. The monoisotopic (exact) mass is 507 g/mol. The molecule has 0 bridgehead atoms. The van der Waals surface area contributed by atoms with Crippen molar-refractivity contribution in [1.29, 1.82) is 0 Å². The van der Waals surface area contributed by atoms with Gasteiger partial charge >= 0.3 is 0 Å². The molecule has 0 atom stereocenters. The van der Waals surface area contributed by atoms with Crippen LogP contribution in [0.5, 0.6) is 0 Å². The summed E-state index contributed by atoms with van der Waals surface area (Å²) in [5.41, 5.74) is 2.83. The minimum atomic E-state index is -3.95. The van der Waals surface area contributed by atoms with Crippen molar-refractivity contribution in [3.63, 3.8) is 0 Å². The third kappa shape index (κ3) is 4.80. The third-order valence-electron chi connectivity index (χ3n) is 4.40. The molecule has 3 rings (SSSR count). The summed E-state index contributed by atoms with van der Waals surface area (Å²) in [6, 6.07) is 7.13. The molecular weight excluding hydrogens is 479 g/mol. The standard InChI is InChI=1S/C19H19NO3S2.C2H6.CH3.Y/c1-5-11-20-19-16(14(6-2)13(4)24-19)17(21)18(25(20,22)23)15-10-8-7-9-12(15)3;1-2;;/h1,7-10,21H,6,11H2,2-4H3;1-2H3;1H3;/q;;-1;. The summed E-state index contributed by atoms with van der Waals surface area (Å²) in [6.07, 6.45) is 6.13. The number of rotatable bonds is 3. The van der Waals surface area contributed by atoms with Crippen molar-refractivity contribution in [2.75, 3.05) is 10.8 Å². The van der Waals surface area contributed by atoms with E-state index in [9.17, 15) is 13.5 Å². The molecule has 0 saturated heterocycles. The molecule has 7 heteroatoms. The van der Waals surface area contributed by atoms with Gasteiger partial charge in [-0.1, -0.05) is 51.0 Å². The van der Waals surface area contributed by atoms with E-state index in [1.807, 2.05) is 46.8 Å². The van der Waals surface area contributed by atoms with Crippen LogP contribution in [0.4, 0.5) is 5.00 Å². The molecule has 0 unspecified atom stereocenters. The molecule has 2 heterocycles. The summed E-state index contributed by atoms with van der Waals surface area (Å²) < 4.78 is 27.8. The number of aryl methyl sites for hydroxylation is 2. The molecule has 1 aromatic carbocycles. The van der Waals surface area contributed by atoms with E-state index < -0.39 is 10.0 Å². The van der Waals surface area contributed by atoms with Gasteiger partial charge in [0.2, 0.25) is 0 Å². The van der Waals surface area contributed by atoms with Gasteiger partial charge in [-0.25, -0.2) is 12.7 Å². The van der Waals surface area contributed by atoms with Crippen LogP contribution < -0.4 is 4.31 Å². The van der Waals surface area contributed by atoms with E-state index in [4.69, 9.17) is 6.42 Å². The maximum absolute atomic E-state index is 13.3. The maximum atomic E-state index is 13.3.